The zero-order chi connectivity index (χ0) is 20.9. The number of halogens is 1. The lowest BCUT2D eigenvalue weighted by Crippen LogP contribution is -2.13. The molecule has 0 radical (unpaired) electrons. The van der Waals surface area contributed by atoms with E-state index < -0.39 is 5.91 Å². The van der Waals surface area contributed by atoms with Gasteiger partial charge >= 0.3 is 0 Å². The summed E-state index contributed by atoms with van der Waals surface area (Å²) in [7, 11) is 0. The molecule has 0 unspecified atom stereocenters. The van der Waals surface area contributed by atoms with Gasteiger partial charge in [0.25, 0.3) is 5.91 Å². The minimum absolute atomic E-state index is 0.0770. The van der Waals surface area contributed by atoms with Gasteiger partial charge in [-0.05, 0) is 36.4 Å². The van der Waals surface area contributed by atoms with E-state index in [0.29, 0.717) is 26.6 Å². The maximum absolute atomic E-state index is 12.3. The number of nitrogens with zero attached hydrogens (tertiary/aromatic N) is 3. The first-order valence-electron chi connectivity index (χ1n) is 8.40. The highest BCUT2D eigenvalue weighted by molar-refractivity contribution is 8.01. The number of thioether (sulfide) groups is 1. The summed E-state index contributed by atoms with van der Waals surface area (Å²) in [5.74, 6) is 0.250. The number of amides is 2. The molecule has 0 aliphatic rings. The third-order valence-corrected chi connectivity index (χ3v) is 5.81. The summed E-state index contributed by atoms with van der Waals surface area (Å²) in [6, 6.07) is 11.7. The molecule has 30 heavy (non-hydrogen) atoms. The molecule has 2 N–H and O–H groups in total. The van der Waals surface area contributed by atoms with Gasteiger partial charge in [0.05, 0.1) is 12.0 Å². The van der Waals surface area contributed by atoms with Crippen LogP contribution >= 0.6 is 34.7 Å². The average Bonchev–Trinajstić information content (AvgIpc) is 3.49. The normalized spacial score (nSPS) is 10.7. The van der Waals surface area contributed by atoms with Crippen LogP contribution < -0.4 is 10.6 Å². The van der Waals surface area contributed by atoms with Gasteiger partial charge in [0.2, 0.25) is 16.8 Å². The van der Waals surface area contributed by atoms with Crippen LogP contribution in [-0.2, 0) is 4.79 Å². The van der Waals surface area contributed by atoms with Crippen molar-refractivity contribution in [2.45, 2.75) is 4.34 Å². The van der Waals surface area contributed by atoms with Crippen molar-refractivity contribution in [1.82, 2.24) is 15.4 Å². The number of carbonyl (C=O) groups is 2. The van der Waals surface area contributed by atoms with Gasteiger partial charge in [-0.3, -0.25) is 14.9 Å². The molecule has 0 aliphatic carbocycles. The van der Waals surface area contributed by atoms with E-state index in [2.05, 4.69) is 26.0 Å². The van der Waals surface area contributed by atoms with Gasteiger partial charge in [0.15, 0.2) is 15.8 Å². The number of nitrogens with one attached hydrogen (secondary N) is 2. The average molecular weight is 462 g/mol. The van der Waals surface area contributed by atoms with Crippen LogP contribution in [0, 0.1) is 0 Å². The number of hydrogen-bond donors (Lipinski definition) is 2. The van der Waals surface area contributed by atoms with Gasteiger partial charge in [-0.2, -0.15) is 0 Å². The number of rotatable bonds is 7. The Morgan fingerprint density at radius 1 is 1.10 bits per heavy atom. The van der Waals surface area contributed by atoms with Gasteiger partial charge < -0.3 is 14.3 Å². The fraction of sp³-hybridized carbons (Fsp3) is 0.0556. The highest BCUT2D eigenvalue weighted by atomic mass is 35.5. The molecule has 152 valence electrons. The van der Waals surface area contributed by atoms with E-state index in [-0.39, 0.29) is 22.5 Å². The number of benzene rings is 1. The lowest BCUT2D eigenvalue weighted by molar-refractivity contribution is -0.113. The maximum atomic E-state index is 12.3. The van der Waals surface area contributed by atoms with Gasteiger partial charge in [0, 0.05) is 16.8 Å². The molecule has 3 heterocycles. The molecular formula is C18H12ClN5O4S2. The monoisotopic (exact) mass is 461 g/mol. The summed E-state index contributed by atoms with van der Waals surface area (Å²) in [6.45, 7) is 0. The van der Waals surface area contributed by atoms with Crippen molar-refractivity contribution < 1.29 is 18.5 Å². The molecule has 1 aromatic carbocycles. The van der Waals surface area contributed by atoms with Crippen LogP contribution in [0.2, 0.25) is 5.02 Å². The molecular weight excluding hydrogens is 450 g/mol. The van der Waals surface area contributed by atoms with Crippen molar-refractivity contribution in [3.8, 4) is 11.5 Å². The molecule has 0 atom stereocenters. The topological polar surface area (TPSA) is 123 Å². The molecule has 0 saturated carbocycles. The third kappa shape index (κ3) is 5.06. The Morgan fingerprint density at radius 2 is 1.93 bits per heavy atom. The van der Waals surface area contributed by atoms with E-state index in [1.807, 2.05) is 0 Å². The molecule has 2 amide bonds. The highest BCUT2D eigenvalue weighted by Gasteiger charge is 2.17. The first kappa shape index (κ1) is 20.1. The Hall–Kier alpha value is -3.15. The van der Waals surface area contributed by atoms with Crippen LogP contribution in [-0.4, -0.2) is 32.9 Å². The minimum atomic E-state index is -0.496. The lowest BCUT2D eigenvalue weighted by Gasteiger charge is -2.03. The lowest BCUT2D eigenvalue weighted by atomic mass is 10.3. The number of hydrogen-bond acceptors (Lipinski definition) is 9. The number of furan rings is 1. The van der Waals surface area contributed by atoms with E-state index in [9.17, 15) is 9.59 Å². The fourth-order valence-corrected chi connectivity index (χ4v) is 3.93. The summed E-state index contributed by atoms with van der Waals surface area (Å²) in [5, 5.41) is 17.8. The van der Waals surface area contributed by atoms with Crippen LogP contribution in [0.1, 0.15) is 10.5 Å². The molecule has 0 spiro atoms. The number of aromatic nitrogens is 3. The third-order valence-electron chi connectivity index (χ3n) is 3.59. The van der Waals surface area contributed by atoms with Crippen molar-refractivity contribution in [2.75, 3.05) is 16.4 Å². The zero-order valence-corrected chi connectivity index (χ0v) is 17.4. The van der Waals surface area contributed by atoms with Crippen LogP contribution in [0.3, 0.4) is 0 Å². The minimum Gasteiger partial charge on any atom is -0.461 e. The quantitative estimate of drug-likeness (QED) is 0.306. The molecule has 4 rings (SSSR count). The van der Waals surface area contributed by atoms with E-state index in [1.54, 1.807) is 36.4 Å². The first-order valence-corrected chi connectivity index (χ1v) is 10.6. The predicted molar refractivity (Wildman–Crippen MR) is 113 cm³/mol. The van der Waals surface area contributed by atoms with Crippen LogP contribution in [0.4, 0.5) is 10.8 Å². The Morgan fingerprint density at radius 3 is 2.70 bits per heavy atom. The van der Waals surface area contributed by atoms with Crippen molar-refractivity contribution in [2.24, 2.45) is 0 Å². The van der Waals surface area contributed by atoms with Crippen molar-refractivity contribution >= 4 is 57.3 Å². The van der Waals surface area contributed by atoms with E-state index in [4.69, 9.17) is 20.5 Å². The molecule has 3 aromatic heterocycles. The van der Waals surface area contributed by atoms with Gasteiger partial charge in [0.1, 0.15) is 0 Å². The Balaban J connectivity index is 1.29. The second-order valence-corrected chi connectivity index (χ2v) is 8.36. The van der Waals surface area contributed by atoms with Crippen molar-refractivity contribution in [3.63, 3.8) is 0 Å². The largest absolute Gasteiger partial charge is 0.461 e. The highest BCUT2D eigenvalue weighted by Crippen LogP contribution is 2.26. The number of carbonyl (C=O) groups excluding carboxylic acids is 2. The second-order valence-electron chi connectivity index (χ2n) is 5.72. The second kappa shape index (κ2) is 9.11. The number of anilines is 2. The fourth-order valence-electron chi connectivity index (χ4n) is 2.25. The van der Waals surface area contributed by atoms with Crippen LogP contribution in [0.25, 0.3) is 11.5 Å². The van der Waals surface area contributed by atoms with Gasteiger partial charge in [-0.15, -0.1) is 10.2 Å². The van der Waals surface area contributed by atoms with Crippen LogP contribution in [0.15, 0.2) is 62.0 Å². The predicted octanol–water partition coefficient (Wildman–Crippen LogP) is 4.42. The summed E-state index contributed by atoms with van der Waals surface area (Å²) < 4.78 is 10.8. The Kier molecular flexibility index (Phi) is 6.12. The van der Waals surface area contributed by atoms with E-state index >= 15 is 0 Å². The summed E-state index contributed by atoms with van der Waals surface area (Å²) in [6.07, 6.45) is 1.49. The summed E-state index contributed by atoms with van der Waals surface area (Å²) in [5.41, 5.74) is 0.727. The smallest absolute Gasteiger partial charge is 0.279 e. The molecule has 0 aliphatic heterocycles. The van der Waals surface area contributed by atoms with E-state index in [0.717, 1.165) is 11.3 Å². The van der Waals surface area contributed by atoms with Gasteiger partial charge in [-0.1, -0.05) is 39.9 Å². The van der Waals surface area contributed by atoms with E-state index in [1.165, 1.54) is 24.1 Å². The molecule has 0 saturated heterocycles. The molecule has 9 nitrogen and oxygen atoms in total. The maximum Gasteiger partial charge on any atom is 0.279 e. The van der Waals surface area contributed by atoms with Crippen molar-refractivity contribution in [3.05, 3.63) is 59.4 Å². The van der Waals surface area contributed by atoms with Crippen molar-refractivity contribution in [1.29, 1.82) is 0 Å². The molecule has 4 aromatic rings. The Bertz CT molecular complexity index is 1160. The van der Waals surface area contributed by atoms with Crippen LogP contribution in [0.5, 0.6) is 0 Å². The molecule has 12 heteroatoms. The van der Waals surface area contributed by atoms with Gasteiger partial charge in [-0.25, -0.2) is 0 Å². The first-order chi connectivity index (χ1) is 14.6. The summed E-state index contributed by atoms with van der Waals surface area (Å²) in [4.78, 5) is 24.3. The molecule has 0 bridgehead atoms. The zero-order valence-electron chi connectivity index (χ0n) is 15.0. The summed E-state index contributed by atoms with van der Waals surface area (Å²) >= 11 is 8.17. The SMILES string of the molecule is O=C(CSc1nnc(NC(=O)c2cc(-c3ccco3)on2)s1)Nc1ccc(Cl)cc1. The standard InChI is InChI=1S/C18H12ClN5O4S2/c19-10-3-5-11(6-4-10)20-15(25)9-29-18-23-22-17(30-18)21-16(26)12-8-14(28-24-12)13-2-1-7-27-13/h1-8H,9H2,(H,20,25)(H,21,22,26). The molecule has 0 fully saturated rings. The Labute approximate surface area is 182 Å².